The zero-order valence-electron chi connectivity index (χ0n) is 6.98. The van der Waals surface area contributed by atoms with Gasteiger partial charge in [-0.3, -0.25) is 4.98 Å². The van der Waals surface area contributed by atoms with Crippen molar-refractivity contribution in [3.8, 4) is 0 Å². The van der Waals surface area contributed by atoms with Crippen molar-refractivity contribution in [2.24, 2.45) is 5.92 Å². The number of hydrogen-bond acceptors (Lipinski definition) is 2. The van der Waals surface area contributed by atoms with Gasteiger partial charge in [0.25, 0.3) is 0 Å². The van der Waals surface area contributed by atoms with Crippen LogP contribution >= 0.6 is 0 Å². The van der Waals surface area contributed by atoms with Crippen LogP contribution < -0.4 is 0 Å². The zero-order chi connectivity index (χ0) is 8.39. The smallest absolute Gasteiger partial charge is 0.0833 e. The molecular formula is C10H13NO. The summed E-state index contributed by atoms with van der Waals surface area (Å²) in [6.45, 7) is 0. The van der Waals surface area contributed by atoms with Crippen molar-refractivity contribution < 1.29 is 5.11 Å². The third-order valence-corrected chi connectivity index (χ3v) is 2.62. The average Bonchev–Trinajstić information content (AvgIpc) is 2.03. The van der Waals surface area contributed by atoms with Gasteiger partial charge in [-0.25, -0.2) is 0 Å². The van der Waals surface area contributed by atoms with Crippen LogP contribution in [0.1, 0.15) is 30.9 Å². The maximum atomic E-state index is 9.80. The molecule has 2 nitrogen and oxygen atoms in total. The molecule has 1 atom stereocenters. The van der Waals surface area contributed by atoms with Gasteiger partial charge in [-0.2, -0.15) is 0 Å². The number of rotatable bonds is 2. The van der Waals surface area contributed by atoms with Gasteiger partial charge >= 0.3 is 0 Å². The van der Waals surface area contributed by atoms with Crippen molar-refractivity contribution >= 4 is 0 Å². The van der Waals surface area contributed by atoms with E-state index in [4.69, 9.17) is 0 Å². The van der Waals surface area contributed by atoms with Crippen LogP contribution in [0.4, 0.5) is 0 Å². The maximum Gasteiger partial charge on any atom is 0.0833 e. The minimum Gasteiger partial charge on any atom is -0.388 e. The Kier molecular flexibility index (Phi) is 2.09. The Morgan fingerprint density at radius 3 is 2.83 bits per heavy atom. The lowest BCUT2D eigenvalue weighted by atomic mass is 9.79. The SMILES string of the molecule is O[C@H](c1cccnc1)C1CCC1. The highest BCUT2D eigenvalue weighted by atomic mass is 16.3. The summed E-state index contributed by atoms with van der Waals surface area (Å²) >= 11 is 0. The predicted molar refractivity (Wildman–Crippen MR) is 46.5 cm³/mol. The van der Waals surface area contributed by atoms with E-state index in [1.54, 1.807) is 12.4 Å². The monoisotopic (exact) mass is 163 g/mol. The van der Waals surface area contributed by atoms with E-state index in [-0.39, 0.29) is 6.10 Å². The normalized spacial score (nSPS) is 20.1. The number of pyridine rings is 1. The Labute approximate surface area is 72.3 Å². The van der Waals surface area contributed by atoms with Gasteiger partial charge in [0.1, 0.15) is 0 Å². The largest absolute Gasteiger partial charge is 0.388 e. The zero-order valence-corrected chi connectivity index (χ0v) is 6.98. The maximum absolute atomic E-state index is 9.80. The molecule has 1 heterocycles. The van der Waals surface area contributed by atoms with Crippen LogP contribution in [0.3, 0.4) is 0 Å². The standard InChI is InChI=1S/C10H13NO/c12-10(8-3-1-4-8)9-5-2-6-11-7-9/h2,5-8,10,12H,1,3-4H2/t10-/m0/s1. The van der Waals surface area contributed by atoms with Crippen molar-refractivity contribution in [2.45, 2.75) is 25.4 Å². The molecule has 1 aromatic heterocycles. The second-order valence-electron chi connectivity index (χ2n) is 3.42. The van der Waals surface area contributed by atoms with Gasteiger partial charge in [0.15, 0.2) is 0 Å². The molecule has 0 radical (unpaired) electrons. The molecule has 12 heavy (non-hydrogen) atoms. The van der Waals surface area contributed by atoms with Crippen molar-refractivity contribution in [3.63, 3.8) is 0 Å². The molecule has 0 aromatic carbocycles. The van der Waals surface area contributed by atoms with Gasteiger partial charge in [-0.05, 0) is 30.4 Å². The van der Waals surface area contributed by atoms with Gasteiger partial charge in [0.05, 0.1) is 6.10 Å². The highest BCUT2D eigenvalue weighted by molar-refractivity contribution is 5.13. The summed E-state index contributed by atoms with van der Waals surface area (Å²) in [5, 5.41) is 9.80. The fourth-order valence-corrected chi connectivity index (χ4v) is 1.58. The van der Waals surface area contributed by atoms with Gasteiger partial charge in [0.2, 0.25) is 0 Å². The van der Waals surface area contributed by atoms with Crippen molar-refractivity contribution in [3.05, 3.63) is 30.1 Å². The Hall–Kier alpha value is -0.890. The first-order valence-corrected chi connectivity index (χ1v) is 4.46. The number of aromatic nitrogens is 1. The van der Waals surface area contributed by atoms with E-state index in [1.807, 2.05) is 12.1 Å². The quantitative estimate of drug-likeness (QED) is 0.722. The van der Waals surface area contributed by atoms with Crippen LogP contribution in [0.2, 0.25) is 0 Å². The topological polar surface area (TPSA) is 33.1 Å². The molecule has 1 aliphatic carbocycles. The molecule has 0 amide bonds. The first-order chi connectivity index (χ1) is 5.88. The highest BCUT2D eigenvalue weighted by Crippen LogP contribution is 2.37. The predicted octanol–water partition coefficient (Wildman–Crippen LogP) is 1.92. The summed E-state index contributed by atoms with van der Waals surface area (Å²) in [6.07, 6.45) is 6.79. The summed E-state index contributed by atoms with van der Waals surface area (Å²) in [6, 6.07) is 3.81. The fourth-order valence-electron chi connectivity index (χ4n) is 1.58. The van der Waals surface area contributed by atoms with E-state index in [9.17, 15) is 5.11 Å². The number of aliphatic hydroxyl groups is 1. The van der Waals surface area contributed by atoms with Gasteiger partial charge in [-0.15, -0.1) is 0 Å². The Morgan fingerprint density at radius 2 is 2.33 bits per heavy atom. The van der Waals surface area contributed by atoms with Crippen LogP contribution in [-0.4, -0.2) is 10.1 Å². The summed E-state index contributed by atoms with van der Waals surface area (Å²) in [4.78, 5) is 3.99. The van der Waals surface area contributed by atoms with Crippen molar-refractivity contribution in [1.29, 1.82) is 0 Å². The number of nitrogens with zero attached hydrogens (tertiary/aromatic N) is 1. The first-order valence-electron chi connectivity index (χ1n) is 4.46. The lowest BCUT2D eigenvalue weighted by molar-refractivity contribution is 0.0618. The lowest BCUT2D eigenvalue weighted by Gasteiger charge is -2.30. The first kappa shape index (κ1) is 7.74. The summed E-state index contributed by atoms with van der Waals surface area (Å²) in [5.74, 6) is 0.481. The highest BCUT2D eigenvalue weighted by Gasteiger charge is 2.26. The minimum absolute atomic E-state index is 0.285. The second kappa shape index (κ2) is 3.23. The van der Waals surface area contributed by atoms with Crippen molar-refractivity contribution in [1.82, 2.24) is 4.98 Å². The van der Waals surface area contributed by atoms with Crippen LogP contribution in [0.15, 0.2) is 24.5 Å². The van der Waals surface area contributed by atoms with E-state index in [0.717, 1.165) is 18.4 Å². The molecule has 0 bridgehead atoms. The van der Waals surface area contributed by atoms with Crippen LogP contribution in [0, 0.1) is 5.92 Å². The second-order valence-corrected chi connectivity index (χ2v) is 3.42. The molecule has 1 saturated carbocycles. The summed E-state index contributed by atoms with van der Waals surface area (Å²) in [7, 11) is 0. The third kappa shape index (κ3) is 1.34. The van der Waals surface area contributed by atoms with E-state index >= 15 is 0 Å². The minimum atomic E-state index is -0.285. The number of hydrogen-bond donors (Lipinski definition) is 1. The molecule has 0 aliphatic heterocycles. The third-order valence-electron chi connectivity index (χ3n) is 2.62. The molecule has 0 unspecified atom stereocenters. The lowest BCUT2D eigenvalue weighted by Crippen LogP contribution is -2.19. The molecular weight excluding hydrogens is 150 g/mol. The average molecular weight is 163 g/mol. The van der Waals surface area contributed by atoms with Crippen molar-refractivity contribution in [2.75, 3.05) is 0 Å². The molecule has 1 fully saturated rings. The molecule has 0 spiro atoms. The molecule has 2 heteroatoms. The summed E-state index contributed by atoms with van der Waals surface area (Å²) < 4.78 is 0. The fraction of sp³-hybridized carbons (Fsp3) is 0.500. The van der Waals surface area contributed by atoms with E-state index in [2.05, 4.69) is 4.98 Å². The molecule has 64 valence electrons. The molecule has 1 aliphatic rings. The number of aliphatic hydroxyl groups excluding tert-OH is 1. The van der Waals surface area contributed by atoms with Gasteiger partial charge < -0.3 is 5.11 Å². The Balaban J connectivity index is 2.08. The Bertz CT molecular complexity index is 243. The van der Waals surface area contributed by atoms with Gasteiger partial charge in [-0.1, -0.05) is 12.5 Å². The summed E-state index contributed by atoms with van der Waals surface area (Å²) in [5.41, 5.74) is 0.960. The van der Waals surface area contributed by atoms with E-state index in [0.29, 0.717) is 5.92 Å². The molecule has 1 aromatic rings. The van der Waals surface area contributed by atoms with E-state index < -0.39 is 0 Å². The Morgan fingerprint density at radius 1 is 1.50 bits per heavy atom. The van der Waals surface area contributed by atoms with Crippen LogP contribution in [0.5, 0.6) is 0 Å². The molecule has 1 N–H and O–H groups in total. The molecule has 2 rings (SSSR count). The molecule has 0 saturated heterocycles. The van der Waals surface area contributed by atoms with Crippen LogP contribution in [-0.2, 0) is 0 Å². The van der Waals surface area contributed by atoms with Crippen LogP contribution in [0.25, 0.3) is 0 Å². The van der Waals surface area contributed by atoms with E-state index in [1.165, 1.54) is 6.42 Å². The van der Waals surface area contributed by atoms with Gasteiger partial charge in [0, 0.05) is 12.4 Å².